The minimum Gasteiger partial charge on any atom is -0.856 e. The number of hydrogen-bond acceptors (Lipinski definition) is 5. The predicted molar refractivity (Wildman–Crippen MR) is 96.3 cm³/mol. The molecule has 0 radical (unpaired) electrons. The standard InChI is InChI=1S/C18H18F4N4O2S/c1-10-15(29-13-6-2-11(19)3-7-13)14(16(27)24-12-4-5-12)26(25-10)9-8-23-17(28)18(20,21)22/h2-3,6-7,12H,4-5,8-9H2,1H3,(H,23,28)(H,24,27)/p-1. The van der Waals surface area contributed by atoms with Gasteiger partial charge in [0.25, 0.3) is 5.91 Å². The Kier molecular flexibility index (Phi) is 6.15. The van der Waals surface area contributed by atoms with Gasteiger partial charge in [0, 0.05) is 10.9 Å². The molecule has 1 N–H and O–H groups in total. The molecular weight excluding hydrogens is 412 g/mol. The van der Waals surface area contributed by atoms with Crippen LogP contribution in [-0.2, 0) is 6.54 Å². The van der Waals surface area contributed by atoms with E-state index in [1.807, 2.05) is 0 Å². The number of amides is 1. The lowest BCUT2D eigenvalue weighted by molar-refractivity contribution is -0.262. The van der Waals surface area contributed by atoms with E-state index < -0.39 is 30.3 Å². The largest absolute Gasteiger partial charge is 0.856 e. The zero-order valence-electron chi connectivity index (χ0n) is 15.3. The second kappa shape index (κ2) is 8.44. The molecule has 156 valence electrons. The molecule has 1 aliphatic carbocycles. The lowest BCUT2D eigenvalue weighted by Crippen LogP contribution is -2.35. The summed E-state index contributed by atoms with van der Waals surface area (Å²) in [5, 5.41) is 18.0. The Morgan fingerprint density at radius 1 is 1.34 bits per heavy atom. The Morgan fingerprint density at radius 3 is 2.59 bits per heavy atom. The maximum absolute atomic E-state index is 13.1. The lowest BCUT2D eigenvalue weighted by Gasteiger charge is -2.14. The van der Waals surface area contributed by atoms with Crippen LogP contribution in [0.15, 0.2) is 39.0 Å². The summed E-state index contributed by atoms with van der Waals surface area (Å²) >= 11 is 1.20. The molecule has 11 heteroatoms. The average molecular weight is 429 g/mol. The van der Waals surface area contributed by atoms with Crippen LogP contribution >= 0.6 is 11.8 Å². The summed E-state index contributed by atoms with van der Waals surface area (Å²) < 4.78 is 51.3. The highest BCUT2D eigenvalue weighted by atomic mass is 32.2. The summed E-state index contributed by atoms with van der Waals surface area (Å²) in [6, 6.07) is 5.74. The Hall–Kier alpha value is -2.56. The fourth-order valence-electron chi connectivity index (χ4n) is 2.51. The molecule has 6 nitrogen and oxygen atoms in total. The number of aryl methyl sites for hydroxylation is 1. The van der Waals surface area contributed by atoms with E-state index in [2.05, 4.69) is 15.4 Å². The van der Waals surface area contributed by atoms with E-state index in [1.54, 1.807) is 19.1 Å². The molecule has 0 atom stereocenters. The van der Waals surface area contributed by atoms with E-state index in [-0.39, 0.29) is 18.3 Å². The van der Waals surface area contributed by atoms with E-state index in [0.717, 1.165) is 12.8 Å². The number of hydrogen-bond donors (Lipinski definition) is 1. The van der Waals surface area contributed by atoms with Gasteiger partial charge in [0.2, 0.25) is 0 Å². The van der Waals surface area contributed by atoms with E-state index >= 15 is 0 Å². The molecule has 1 heterocycles. The van der Waals surface area contributed by atoms with Crippen LogP contribution in [0.1, 0.15) is 29.0 Å². The van der Waals surface area contributed by atoms with Crippen LogP contribution in [0.3, 0.4) is 0 Å². The molecular formula is C18H17F4N4O2S-. The van der Waals surface area contributed by atoms with Crippen molar-refractivity contribution in [1.82, 2.24) is 15.1 Å². The first-order valence-corrected chi connectivity index (χ1v) is 9.57. The number of rotatable bonds is 7. The molecule has 1 fully saturated rings. The van der Waals surface area contributed by atoms with Gasteiger partial charge >= 0.3 is 6.18 Å². The summed E-state index contributed by atoms with van der Waals surface area (Å²) in [4.78, 5) is 16.9. The molecule has 2 aromatic rings. The number of nitrogens with one attached hydrogen (secondary N) is 1. The summed E-state index contributed by atoms with van der Waals surface area (Å²) in [7, 11) is 0. The molecule has 29 heavy (non-hydrogen) atoms. The van der Waals surface area contributed by atoms with Crippen molar-refractivity contribution in [1.29, 1.82) is 0 Å². The van der Waals surface area contributed by atoms with Crippen LogP contribution in [0.5, 0.6) is 0 Å². The van der Waals surface area contributed by atoms with Gasteiger partial charge in [0.05, 0.1) is 29.6 Å². The van der Waals surface area contributed by atoms with Gasteiger partial charge in [0.15, 0.2) is 0 Å². The summed E-state index contributed by atoms with van der Waals surface area (Å²) in [5.41, 5.74) is 0.667. The highest BCUT2D eigenvalue weighted by molar-refractivity contribution is 7.99. The third kappa shape index (κ3) is 5.49. The number of aliphatic imine (C=N–C) groups is 1. The molecule has 0 saturated heterocycles. The molecule has 1 aromatic heterocycles. The van der Waals surface area contributed by atoms with Crippen LogP contribution < -0.4 is 10.4 Å². The number of aromatic nitrogens is 2. The third-order valence-corrected chi connectivity index (χ3v) is 5.24. The fourth-order valence-corrected chi connectivity index (χ4v) is 3.50. The Balaban J connectivity index is 1.86. The number of halogens is 4. The fraction of sp³-hybridized carbons (Fsp3) is 0.389. The van der Waals surface area contributed by atoms with Crippen LogP contribution in [0.25, 0.3) is 0 Å². The second-order valence-electron chi connectivity index (χ2n) is 6.47. The number of alkyl halides is 3. The van der Waals surface area contributed by atoms with Crippen molar-refractivity contribution in [3.63, 3.8) is 0 Å². The second-order valence-corrected chi connectivity index (χ2v) is 7.56. The normalized spacial score (nSPS) is 14.9. The SMILES string of the molecule is Cc1nn(CCN=C([O-])C(F)(F)F)c(C(=O)NC2CC2)c1Sc1ccc(F)cc1. The van der Waals surface area contributed by atoms with Gasteiger partial charge in [-0.15, -0.1) is 0 Å². The first-order valence-electron chi connectivity index (χ1n) is 8.75. The van der Waals surface area contributed by atoms with Crippen molar-refractivity contribution in [2.24, 2.45) is 4.99 Å². The molecule has 1 aromatic carbocycles. The molecule has 0 aliphatic heterocycles. The Morgan fingerprint density at radius 2 is 2.00 bits per heavy atom. The van der Waals surface area contributed by atoms with Crippen LogP contribution in [0.2, 0.25) is 0 Å². The van der Waals surface area contributed by atoms with Crippen LogP contribution in [-0.4, -0.2) is 40.3 Å². The van der Waals surface area contributed by atoms with E-state index in [4.69, 9.17) is 0 Å². The van der Waals surface area contributed by atoms with Crippen molar-refractivity contribution in [3.05, 3.63) is 41.5 Å². The quantitative estimate of drug-likeness (QED) is 0.417. The molecule has 0 spiro atoms. The van der Waals surface area contributed by atoms with Crippen LogP contribution in [0, 0.1) is 12.7 Å². The summed E-state index contributed by atoms with van der Waals surface area (Å²) in [6.45, 7) is 1.03. The summed E-state index contributed by atoms with van der Waals surface area (Å²) in [6.07, 6.45) is -3.32. The number of carbonyl (C=O) groups excluding carboxylic acids is 1. The van der Waals surface area contributed by atoms with Crippen molar-refractivity contribution in [2.75, 3.05) is 6.54 Å². The smallest absolute Gasteiger partial charge is 0.419 e. The first-order chi connectivity index (χ1) is 13.6. The van der Waals surface area contributed by atoms with Crippen LogP contribution in [0.4, 0.5) is 17.6 Å². The molecule has 1 amide bonds. The molecule has 0 unspecified atom stereocenters. The van der Waals surface area contributed by atoms with E-state index in [1.165, 1.54) is 28.6 Å². The zero-order chi connectivity index (χ0) is 21.2. The predicted octanol–water partition coefficient (Wildman–Crippen LogP) is 2.70. The number of benzene rings is 1. The molecule has 0 bridgehead atoms. The Labute approximate surface area is 168 Å². The first kappa shape index (κ1) is 21.2. The van der Waals surface area contributed by atoms with Gasteiger partial charge < -0.3 is 10.4 Å². The minimum absolute atomic E-state index is 0.0614. The maximum Gasteiger partial charge on any atom is 0.419 e. The van der Waals surface area contributed by atoms with Gasteiger partial charge in [-0.05, 0) is 44.0 Å². The maximum atomic E-state index is 13.1. The molecule has 3 rings (SSSR count). The highest BCUT2D eigenvalue weighted by Crippen LogP contribution is 2.34. The van der Waals surface area contributed by atoms with Gasteiger partial charge in [-0.25, -0.2) is 4.39 Å². The van der Waals surface area contributed by atoms with E-state index in [9.17, 15) is 27.5 Å². The minimum atomic E-state index is -5.03. The van der Waals surface area contributed by atoms with Gasteiger partial charge in [-0.2, -0.15) is 18.3 Å². The highest BCUT2D eigenvalue weighted by Gasteiger charge is 2.29. The van der Waals surface area contributed by atoms with Crippen molar-refractivity contribution in [3.8, 4) is 0 Å². The topological polar surface area (TPSA) is 82.3 Å². The van der Waals surface area contributed by atoms with Crippen molar-refractivity contribution >= 4 is 23.6 Å². The van der Waals surface area contributed by atoms with Gasteiger partial charge in [0.1, 0.15) is 11.5 Å². The number of carbonyl (C=O) groups is 1. The van der Waals surface area contributed by atoms with E-state index in [0.29, 0.717) is 15.5 Å². The Bertz CT molecular complexity index is 921. The average Bonchev–Trinajstić information content (AvgIpc) is 3.39. The summed E-state index contributed by atoms with van der Waals surface area (Å²) in [5.74, 6) is -2.98. The lowest BCUT2D eigenvalue weighted by atomic mass is 10.3. The van der Waals surface area contributed by atoms with Crippen molar-refractivity contribution < 1.29 is 27.5 Å². The number of nitrogens with zero attached hydrogens (tertiary/aromatic N) is 3. The van der Waals surface area contributed by atoms with Crippen molar-refractivity contribution in [2.45, 2.75) is 48.3 Å². The molecule has 1 saturated carbocycles. The molecule has 1 aliphatic rings. The zero-order valence-corrected chi connectivity index (χ0v) is 16.1. The van der Waals surface area contributed by atoms with Gasteiger partial charge in [-0.3, -0.25) is 14.5 Å². The third-order valence-electron chi connectivity index (χ3n) is 4.04. The van der Waals surface area contributed by atoms with Gasteiger partial charge in [-0.1, -0.05) is 11.8 Å². The monoisotopic (exact) mass is 429 g/mol.